The zero-order valence-corrected chi connectivity index (χ0v) is 17.8. The number of aryl methyl sites for hydroxylation is 1. The van der Waals surface area contributed by atoms with Crippen LogP contribution in [0.15, 0.2) is 47.0 Å². The van der Waals surface area contributed by atoms with Crippen molar-refractivity contribution in [3.8, 4) is 5.75 Å². The van der Waals surface area contributed by atoms with Crippen molar-refractivity contribution in [3.63, 3.8) is 0 Å². The fourth-order valence-corrected chi connectivity index (χ4v) is 5.05. The SMILES string of the molecule is COc1cccc(CN2C[C@]34C=C[C@H](O3)[C@@H](C(=O)N(C)Cc3cc(C)on3)[C@H]4C2=O)c1. The number of nitrogens with zero attached hydrogens (tertiary/aromatic N) is 3. The maximum Gasteiger partial charge on any atom is 0.230 e. The second-order valence-corrected chi connectivity index (χ2v) is 8.57. The van der Waals surface area contributed by atoms with Gasteiger partial charge in [0.25, 0.3) is 0 Å². The average Bonchev–Trinajstić information content (AvgIpc) is 3.50. The van der Waals surface area contributed by atoms with E-state index in [1.54, 1.807) is 30.0 Å². The van der Waals surface area contributed by atoms with Crippen LogP contribution in [0.4, 0.5) is 0 Å². The van der Waals surface area contributed by atoms with E-state index in [1.165, 1.54) is 0 Å². The number of fused-ring (bicyclic) bond motifs is 1. The standard InChI is InChI=1S/C23H25N3O5/c1-14-9-16(24-31-14)12-25(2)21(27)19-18-7-8-23(30-18)13-26(22(28)20(19)23)11-15-5-4-6-17(10-15)29-3/h4-10,18-20H,11-13H2,1-3H3/t18-,19+,20-,23-/m0/s1. The van der Waals surface area contributed by atoms with Gasteiger partial charge in [-0.3, -0.25) is 9.59 Å². The molecule has 0 radical (unpaired) electrons. The van der Waals surface area contributed by atoms with Crippen molar-refractivity contribution in [2.45, 2.75) is 31.7 Å². The predicted octanol–water partition coefficient (Wildman–Crippen LogP) is 1.93. The molecule has 0 aliphatic carbocycles. The number of ether oxygens (including phenoxy) is 2. The highest BCUT2D eigenvalue weighted by Crippen LogP contribution is 2.52. The smallest absolute Gasteiger partial charge is 0.230 e. The minimum atomic E-state index is -0.730. The summed E-state index contributed by atoms with van der Waals surface area (Å²) in [4.78, 5) is 30.1. The van der Waals surface area contributed by atoms with Crippen LogP contribution in [0, 0.1) is 18.8 Å². The molecule has 1 spiro atoms. The Morgan fingerprint density at radius 1 is 1.39 bits per heavy atom. The van der Waals surface area contributed by atoms with E-state index in [1.807, 2.05) is 43.3 Å². The Bertz CT molecular complexity index is 1060. The highest BCUT2D eigenvalue weighted by Gasteiger charge is 2.67. The molecule has 0 N–H and O–H groups in total. The molecule has 5 rings (SSSR count). The van der Waals surface area contributed by atoms with Crippen molar-refractivity contribution in [1.29, 1.82) is 0 Å². The average molecular weight is 423 g/mol. The predicted molar refractivity (Wildman–Crippen MR) is 110 cm³/mol. The number of methoxy groups -OCH3 is 1. The summed E-state index contributed by atoms with van der Waals surface area (Å²) in [5.41, 5.74) is 0.927. The summed E-state index contributed by atoms with van der Waals surface area (Å²) in [7, 11) is 3.34. The number of aromatic nitrogens is 1. The van der Waals surface area contributed by atoms with Gasteiger partial charge in [-0.25, -0.2) is 0 Å². The summed E-state index contributed by atoms with van der Waals surface area (Å²) in [5, 5.41) is 3.97. The van der Waals surface area contributed by atoms with Crippen LogP contribution in [0.5, 0.6) is 5.75 Å². The third-order valence-corrected chi connectivity index (χ3v) is 6.42. The van der Waals surface area contributed by atoms with Gasteiger partial charge in [-0.2, -0.15) is 0 Å². The normalized spacial score (nSPS) is 28.3. The van der Waals surface area contributed by atoms with Crippen LogP contribution in [-0.4, -0.2) is 59.2 Å². The molecule has 0 unspecified atom stereocenters. The molecule has 4 heterocycles. The van der Waals surface area contributed by atoms with Crippen molar-refractivity contribution in [3.05, 3.63) is 59.5 Å². The molecule has 3 aliphatic heterocycles. The third-order valence-electron chi connectivity index (χ3n) is 6.42. The van der Waals surface area contributed by atoms with Gasteiger partial charge in [-0.15, -0.1) is 0 Å². The van der Waals surface area contributed by atoms with Crippen molar-refractivity contribution in [2.24, 2.45) is 11.8 Å². The topological polar surface area (TPSA) is 85.1 Å². The zero-order chi connectivity index (χ0) is 21.8. The molecule has 4 atom stereocenters. The van der Waals surface area contributed by atoms with E-state index in [0.717, 1.165) is 11.3 Å². The lowest BCUT2D eigenvalue weighted by Gasteiger charge is -2.27. The quantitative estimate of drug-likeness (QED) is 0.660. The van der Waals surface area contributed by atoms with Crippen molar-refractivity contribution in [1.82, 2.24) is 15.0 Å². The molecule has 2 fully saturated rings. The minimum Gasteiger partial charge on any atom is -0.497 e. The lowest BCUT2D eigenvalue weighted by atomic mass is 9.76. The summed E-state index contributed by atoms with van der Waals surface area (Å²) < 4.78 is 16.6. The van der Waals surface area contributed by atoms with Gasteiger partial charge >= 0.3 is 0 Å². The van der Waals surface area contributed by atoms with Crippen LogP contribution in [0.1, 0.15) is 17.0 Å². The number of hydrogen-bond acceptors (Lipinski definition) is 6. The summed E-state index contributed by atoms with van der Waals surface area (Å²) in [5.74, 6) is 0.238. The monoisotopic (exact) mass is 423 g/mol. The number of rotatable bonds is 6. The first-order chi connectivity index (χ1) is 14.9. The first-order valence-corrected chi connectivity index (χ1v) is 10.4. The Morgan fingerprint density at radius 2 is 2.23 bits per heavy atom. The first-order valence-electron chi connectivity index (χ1n) is 10.4. The van der Waals surface area contributed by atoms with Crippen molar-refractivity contribution >= 4 is 11.8 Å². The Kier molecular flexibility index (Phi) is 4.62. The largest absolute Gasteiger partial charge is 0.497 e. The molecule has 2 bridgehead atoms. The van der Waals surface area contributed by atoms with Crippen LogP contribution in [-0.2, 0) is 27.4 Å². The van der Waals surface area contributed by atoms with Gasteiger partial charge < -0.3 is 23.8 Å². The number of hydrogen-bond donors (Lipinski definition) is 0. The van der Waals surface area contributed by atoms with Gasteiger partial charge in [-0.05, 0) is 24.6 Å². The molecular formula is C23H25N3O5. The van der Waals surface area contributed by atoms with Gasteiger partial charge in [0.05, 0.1) is 38.1 Å². The third kappa shape index (κ3) is 3.22. The lowest BCUT2D eigenvalue weighted by molar-refractivity contribution is -0.143. The molecule has 1 aromatic carbocycles. The van der Waals surface area contributed by atoms with Crippen molar-refractivity contribution < 1.29 is 23.6 Å². The zero-order valence-electron chi connectivity index (χ0n) is 17.8. The second-order valence-electron chi connectivity index (χ2n) is 8.57. The van der Waals surface area contributed by atoms with E-state index in [4.69, 9.17) is 14.0 Å². The van der Waals surface area contributed by atoms with E-state index in [-0.39, 0.29) is 17.9 Å². The summed E-state index contributed by atoms with van der Waals surface area (Å²) in [6.45, 7) is 3.02. The molecule has 31 heavy (non-hydrogen) atoms. The molecule has 8 nitrogen and oxygen atoms in total. The van der Waals surface area contributed by atoms with Gasteiger partial charge in [0.2, 0.25) is 11.8 Å². The Balaban J connectivity index is 1.35. The molecule has 8 heteroatoms. The maximum absolute atomic E-state index is 13.4. The fraction of sp³-hybridized carbons (Fsp3) is 0.435. The Morgan fingerprint density at radius 3 is 2.97 bits per heavy atom. The van der Waals surface area contributed by atoms with Gasteiger partial charge in [-0.1, -0.05) is 29.4 Å². The van der Waals surface area contributed by atoms with E-state index < -0.39 is 17.4 Å². The molecule has 1 aromatic heterocycles. The molecule has 3 aliphatic rings. The number of carbonyl (C=O) groups excluding carboxylic acids is 2. The number of amides is 2. The molecule has 2 amide bonds. The van der Waals surface area contributed by atoms with Gasteiger partial charge in [0.1, 0.15) is 22.8 Å². The highest BCUT2D eigenvalue weighted by atomic mass is 16.5. The summed E-state index contributed by atoms with van der Waals surface area (Å²) >= 11 is 0. The first kappa shape index (κ1) is 19.8. The Hall–Kier alpha value is -3.13. The van der Waals surface area contributed by atoms with Gasteiger partial charge in [0.15, 0.2) is 0 Å². The lowest BCUT2D eigenvalue weighted by Crippen LogP contribution is -2.44. The number of likely N-dealkylation sites (tertiary alicyclic amines) is 1. The Labute approximate surface area is 180 Å². The van der Waals surface area contributed by atoms with Crippen LogP contribution < -0.4 is 4.74 Å². The van der Waals surface area contributed by atoms with E-state index in [0.29, 0.717) is 31.1 Å². The highest BCUT2D eigenvalue weighted by molar-refractivity contribution is 5.93. The molecule has 2 saturated heterocycles. The molecule has 162 valence electrons. The van der Waals surface area contributed by atoms with E-state index in [2.05, 4.69) is 5.16 Å². The summed E-state index contributed by atoms with van der Waals surface area (Å²) in [6.07, 6.45) is 3.52. The van der Waals surface area contributed by atoms with E-state index >= 15 is 0 Å². The van der Waals surface area contributed by atoms with Crippen LogP contribution in [0.3, 0.4) is 0 Å². The van der Waals surface area contributed by atoms with E-state index in [9.17, 15) is 9.59 Å². The fourth-order valence-electron chi connectivity index (χ4n) is 5.05. The second kappa shape index (κ2) is 7.23. The van der Waals surface area contributed by atoms with Crippen LogP contribution in [0.2, 0.25) is 0 Å². The van der Waals surface area contributed by atoms with Crippen LogP contribution >= 0.6 is 0 Å². The number of carbonyl (C=O) groups is 2. The summed E-state index contributed by atoms with van der Waals surface area (Å²) in [6, 6.07) is 9.47. The molecule has 2 aromatic rings. The van der Waals surface area contributed by atoms with Gasteiger partial charge in [0, 0.05) is 19.7 Å². The van der Waals surface area contributed by atoms with Crippen LogP contribution in [0.25, 0.3) is 0 Å². The maximum atomic E-state index is 13.4. The minimum absolute atomic E-state index is 0.0429. The number of benzene rings is 1. The molecular weight excluding hydrogens is 398 g/mol. The van der Waals surface area contributed by atoms with Crippen molar-refractivity contribution in [2.75, 3.05) is 20.7 Å². The molecule has 0 saturated carbocycles.